The molecule has 3 aromatic rings. The first kappa shape index (κ1) is 24.1. The molecule has 1 aliphatic rings. The Morgan fingerprint density at radius 3 is 2.29 bits per heavy atom. The molecular weight excluding hydrogens is 470 g/mol. The summed E-state index contributed by atoms with van der Waals surface area (Å²) in [4.78, 5) is 15.2. The SMILES string of the molecule is Cc1ccc(S(=O)(=O)Nc2cc(C(=O)NCc3ccc(Cl)cc3)ccc2N2CCCCC2)cc1. The molecule has 1 heterocycles. The van der Waals surface area contributed by atoms with E-state index in [-0.39, 0.29) is 10.8 Å². The summed E-state index contributed by atoms with van der Waals surface area (Å²) in [5, 5.41) is 3.52. The van der Waals surface area contributed by atoms with Crippen molar-refractivity contribution < 1.29 is 13.2 Å². The molecule has 0 radical (unpaired) electrons. The highest BCUT2D eigenvalue weighted by atomic mass is 35.5. The van der Waals surface area contributed by atoms with Gasteiger partial charge in [-0.3, -0.25) is 9.52 Å². The minimum Gasteiger partial charge on any atom is -0.370 e. The molecule has 4 rings (SSSR count). The Balaban J connectivity index is 1.60. The number of halogens is 1. The molecule has 0 aliphatic carbocycles. The van der Waals surface area contributed by atoms with Gasteiger partial charge in [0, 0.05) is 30.2 Å². The van der Waals surface area contributed by atoms with Gasteiger partial charge in [0.1, 0.15) is 0 Å². The second kappa shape index (κ2) is 10.5. The smallest absolute Gasteiger partial charge is 0.261 e. The lowest BCUT2D eigenvalue weighted by Crippen LogP contribution is -2.31. The quantitative estimate of drug-likeness (QED) is 0.460. The van der Waals surface area contributed by atoms with Crippen LogP contribution in [0, 0.1) is 6.92 Å². The van der Waals surface area contributed by atoms with Gasteiger partial charge in [0.05, 0.1) is 16.3 Å². The summed E-state index contributed by atoms with van der Waals surface area (Å²) in [6, 6.07) is 19.1. The highest BCUT2D eigenvalue weighted by Crippen LogP contribution is 2.31. The highest BCUT2D eigenvalue weighted by Gasteiger charge is 2.21. The monoisotopic (exact) mass is 497 g/mol. The van der Waals surface area contributed by atoms with Crippen molar-refractivity contribution >= 4 is 38.9 Å². The standard InChI is InChI=1S/C26H28ClN3O3S/c1-19-5-12-23(13-6-19)34(32,33)29-24-17-21(9-14-25(24)30-15-3-2-4-16-30)26(31)28-18-20-7-10-22(27)11-8-20/h5-14,17,29H,2-4,15-16,18H2,1H3,(H,28,31). The molecule has 0 aromatic heterocycles. The Morgan fingerprint density at radius 1 is 0.941 bits per heavy atom. The van der Waals surface area contributed by atoms with E-state index >= 15 is 0 Å². The van der Waals surface area contributed by atoms with E-state index in [1.165, 1.54) is 0 Å². The number of sulfonamides is 1. The fourth-order valence-electron chi connectivity index (χ4n) is 3.98. The molecule has 0 atom stereocenters. The number of rotatable bonds is 7. The van der Waals surface area contributed by atoms with Crippen LogP contribution < -0.4 is 14.9 Å². The van der Waals surface area contributed by atoms with Crippen LogP contribution in [-0.2, 0) is 16.6 Å². The largest absolute Gasteiger partial charge is 0.370 e. The van der Waals surface area contributed by atoms with E-state index in [0.717, 1.165) is 49.2 Å². The second-order valence-corrected chi connectivity index (χ2v) is 10.6. The third kappa shape index (κ3) is 5.90. The van der Waals surface area contributed by atoms with Crippen LogP contribution in [0.1, 0.15) is 40.7 Å². The molecule has 178 valence electrons. The van der Waals surface area contributed by atoms with Gasteiger partial charge in [0.25, 0.3) is 15.9 Å². The van der Waals surface area contributed by atoms with Crippen molar-refractivity contribution in [3.05, 3.63) is 88.4 Å². The number of hydrogen-bond donors (Lipinski definition) is 2. The molecule has 1 aliphatic heterocycles. The maximum Gasteiger partial charge on any atom is 0.261 e. The van der Waals surface area contributed by atoms with Crippen LogP contribution in [0.15, 0.2) is 71.6 Å². The second-order valence-electron chi connectivity index (χ2n) is 8.51. The highest BCUT2D eigenvalue weighted by molar-refractivity contribution is 7.92. The topological polar surface area (TPSA) is 78.5 Å². The molecule has 2 N–H and O–H groups in total. The first-order chi connectivity index (χ1) is 16.3. The predicted molar refractivity (Wildman–Crippen MR) is 137 cm³/mol. The zero-order valence-corrected chi connectivity index (χ0v) is 20.6. The average Bonchev–Trinajstić information content (AvgIpc) is 2.84. The number of carbonyl (C=O) groups is 1. The molecule has 1 fully saturated rings. The van der Waals surface area contributed by atoms with Crippen molar-refractivity contribution in [2.45, 2.75) is 37.6 Å². The molecule has 0 bridgehead atoms. The normalized spacial score (nSPS) is 14.0. The van der Waals surface area contributed by atoms with Crippen LogP contribution in [-0.4, -0.2) is 27.4 Å². The number of anilines is 2. The molecular formula is C26H28ClN3O3S. The van der Waals surface area contributed by atoms with E-state index < -0.39 is 10.0 Å². The lowest BCUT2D eigenvalue weighted by Gasteiger charge is -2.31. The number of nitrogens with one attached hydrogen (secondary N) is 2. The minimum atomic E-state index is -3.81. The van der Waals surface area contributed by atoms with Gasteiger partial charge in [-0.1, -0.05) is 41.4 Å². The number of aryl methyl sites for hydroxylation is 1. The van der Waals surface area contributed by atoms with Crippen LogP contribution in [0.25, 0.3) is 0 Å². The summed E-state index contributed by atoms with van der Waals surface area (Å²) in [5.41, 5.74) is 3.47. The van der Waals surface area contributed by atoms with Crippen LogP contribution in [0.5, 0.6) is 0 Å². The van der Waals surface area contributed by atoms with Gasteiger partial charge in [-0.15, -0.1) is 0 Å². The summed E-state index contributed by atoms with van der Waals surface area (Å²) in [6.45, 7) is 3.95. The summed E-state index contributed by atoms with van der Waals surface area (Å²) in [5.74, 6) is -0.282. The van der Waals surface area contributed by atoms with Gasteiger partial charge < -0.3 is 10.2 Å². The molecule has 8 heteroatoms. The molecule has 0 spiro atoms. The summed E-state index contributed by atoms with van der Waals surface area (Å²) < 4.78 is 29.0. The van der Waals surface area contributed by atoms with Gasteiger partial charge in [-0.2, -0.15) is 0 Å². The number of hydrogen-bond acceptors (Lipinski definition) is 4. The maximum atomic E-state index is 13.1. The van der Waals surface area contributed by atoms with Gasteiger partial charge in [0.15, 0.2) is 0 Å². The molecule has 1 amide bonds. The summed E-state index contributed by atoms with van der Waals surface area (Å²) in [6.07, 6.45) is 3.26. The van der Waals surface area contributed by atoms with Crippen molar-refractivity contribution in [1.82, 2.24) is 5.32 Å². The first-order valence-corrected chi connectivity index (χ1v) is 13.2. The fourth-order valence-corrected chi connectivity index (χ4v) is 5.17. The van der Waals surface area contributed by atoms with Crippen molar-refractivity contribution in [1.29, 1.82) is 0 Å². The number of benzene rings is 3. The van der Waals surface area contributed by atoms with E-state index in [4.69, 9.17) is 11.6 Å². The molecule has 6 nitrogen and oxygen atoms in total. The molecule has 0 unspecified atom stereocenters. The lowest BCUT2D eigenvalue weighted by molar-refractivity contribution is 0.0951. The third-order valence-corrected chi connectivity index (χ3v) is 7.53. The fraction of sp³-hybridized carbons (Fsp3) is 0.269. The number of piperidine rings is 1. The average molecular weight is 498 g/mol. The van der Waals surface area contributed by atoms with Crippen molar-refractivity contribution in [2.75, 3.05) is 22.7 Å². The van der Waals surface area contributed by atoms with Crippen molar-refractivity contribution in [2.24, 2.45) is 0 Å². The van der Waals surface area contributed by atoms with Gasteiger partial charge >= 0.3 is 0 Å². The van der Waals surface area contributed by atoms with E-state index in [1.54, 1.807) is 48.5 Å². The Morgan fingerprint density at radius 2 is 1.62 bits per heavy atom. The number of carbonyl (C=O) groups excluding carboxylic acids is 1. The zero-order valence-electron chi connectivity index (χ0n) is 19.1. The van der Waals surface area contributed by atoms with Crippen molar-refractivity contribution in [3.63, 3.8) is 0 Å². The van der Waals surface area contributed by atoms with E-state index in [2.05, 4.69) is 14.9 Å². The van der Waals surface area contributed by atoms with Crippen molar-refractivity contribution in [3.8, 4) is 0 Å². The van der Waals surface area contributed by atoms with E-state index in [1.807, 2.05) is 25.1 Å². The Bertz CT molecular complexity index is 1250. The zero-order chi connectivity index (χ0) is 24.1. The third-order valence-electron chi connectivity index (χ3n) is 5.90. The molecule has 3 aromatic carbocycles. The van der Waals surface area contributed by atoms with Gasteiger partial charge in [-0.05, 0) is 74.2 Å². The van der Waals surface area contributed by atoms with E-state index in [9.17, 15) is 13.2 Å². The van der Waals surface area contributed by atoms with Crippen LogP contribution in [0.4, 0.5) is 11.4 Å². The van der Waals surface area contributed by atoms with Crippen LogP contribution in [0.3, 0.4) is 0 Å². The van der Waals surface area contributed by atoms with Gasteiger partial charge in [-0.25, -0.2) is 8.42 Å². The molecule has 34 heavy (non-hydrogen) atoms. The molecule has 0 saturated carbocycles. The minimum absolute atomic E-state index is 0.181. The summed E-state index contributed by atoms with van der Waals surface area (Å²) >= 11 is 5.92. The van der Waals surface area contributed by atoms with Crippen LogP contribution in [0.2, 0.25) is 5.02 Å². The van der Waals surface area contributed by atoms with Crippen LogP contribution >= 0.6 is 11.6 Å². The number of amides is 1. The Kier molecular flexibility index (Phi) is 7.44. The number of nitrogens with zero attached hydrogens (tertiary/aromatic N) is 1. The Labute approximate surface area is 206 Å². The maximum absolute atomic E-state index is 13.1. The predicted octanol–water partition coefficient (Wildman–Crippen LogP) is 5.37. The molecule has 1 saturated heterocycles. The van der Waals surface area contributed by atoms with Gasteiger partial charge in [0.2, 0.25) is 0 Å². The lowest BCUT2D eigenvalue weighted by atomic mass is 10.1. The summed E-state index contributed by atoms with van der Waals surface area (Å²) in [7, 11) is -3.81. The first-order valence-electron chi connectivity index (χ1n) is 11.3. The Hall–Kier alpha value is -3.03. The van der Waals surface area contributed by atoms with E-state index in [0.29, 0.717) is 22.8 Å².